The van der Waals surface area contributed by atoms with Crippen LogP contribution in [-0.4, -0.2) is 11.0 Å². The lowest BCUT2D eigenvalue weighted by molar-refractivity contribution is 0.0733. The molecule has 1 aromatic carbocycles. The molecule has 0 atom stereocenters. The van der Waals surface area contributed by atoms with Crippen LogP contribution < -0.4 is 4.74 Å². The molecule has 0 aliphatic rings. The van der Waals surface area contributed by atoms with Crippen molar-refractivity contribution in [3.63, 3.8) is 0 Å². The number of hydrogen-bond donors (Lipinski definition) is 0. The molecule has 17 heavy (non-hydrogen) atoms. The highest BCUT2D eigenvalue weighted by molar-refractivity contribution is 6.30. The van der Waals surface area contributed by atoms with Crippen LogP contribution in [-0.2, 0) is 0 Å². The van der Waals surface area contributed by atoms with Gasteiger partial charge in [0, 0.05) is 12.3 Å². The van der Waals surface area contributed by atoms with Gasteiger partial charge in [-0.15, -0.1) is 0 Å². The smallest absolute Gasteiger partial charge is 0.343 e. The number of pyridine rings is 1. The monoisotopic (exact) mass is 251 g/mol. The van der Waals surface area contributed by atoms with Crippen LogP contribution in [0, 0.1) is 5.82 Å². The Morgan fingerprint density at radius 1 is 1.29 bits per heavy atom. The average Bonchev–Trinajstić information content (AvgIpc) is 2.29. The summed E-state index contributed by atoms with van der Waals surface area (Å²) in [6.07, 6.45) is 2.77. The molecule has 0 saturated carbocycles. The predicted octanol–water partition coefficient (Wildman–Crippen LogP) is 3.09. The number of carbonyl (C=O) groups is 1. The molecule has 3 nitrogen and oxygen atoms in total. The van der Waals surface area contributed by atoms with Crippen molar-refractivity contribution in [2.45, 2.75) is 0 Å². The van der Waals surface area contributed by atoms with Crippen LogP contribution in [0.2, 0.25) is 5.02 Å². The molecule has 0 spiro atoms. The van der Waals surface area contributed by atoms with Gasteiger partial charge in [-0.25, -0.2) is 9.18 Å². The van der Waals surface area contributed by atoms with E-state index in [1.165, 1.54) is 36.7 Å². The summed E-state index contributed by atoms with van der Waals surface area (Å²) in [5, 5.41) is 0.356. The molecule has 0 aliphatic heterocycles. The van der Waals surface area contributed by atoms with Gasteiger partial charge in [-0.3, -0.25) is 4.98 Å². The van der Waals surface area contributed by atoms with Crippen molar-refractivity contribution in [3.8, 4) is 5.75 Å². The van der Waals surface area contributed by atoms with Crippen molar-refractivity contribution in [2.75, 3.05) is 0 Å². The fourth-order valence-electron chi connectivity index (χ4n) is 1.23. The van der Waals surface area contributed by atoms with Crippen LogP contribution in [0.3, 0.4) is 0 Å². The Bertz CT molecular complexity index is 560. The molecule has 1 heterocycles. The van der Waals surface area contributed by atoms with E-state index >= 15 is 0 Å². The highest BCUT2D eigenvalue weighted by Crippen LogP contribution is 2.16. The topological polar surface area (TPSA) is 39.2 Å². The Kier molecular flexibility index (Phi) is 3.35. The standard InChI is InChI=1S/C12H7ClFNO2/c13-9-5-11(7-15-6-9)17-12(16)8-2-1-3-10(14)4-8/h1-7H. The van der Waals surface area contributed by atoms with Crippen LogP contribution in [0.4, 0.5) is 4.39 Å². The van der Waals surface area contributed by atoms with Gasteiger partial charge >= 0.3 is 5.97 Å². The Morgan fingerprint density at radius 2 is 2.12 bits per heavy atom. The maximum atomic E-state index is 12.9. The van der Waals surface area contributed by atoms with Crippen molar-refractivity contribution in [1.29, 1.82) is 0 Å². The minimum Gasteiger partial charge on any atom is -0.421 e. The van der Waals surface area contributed by atoms with Gasteiger partial charge in [-0.2, -0.15) is 0 Å². The quantitative estimate of drug-likeness (QED) is 0.770. The third-order valence-corrected chi connectivity index (χ3v) is 2.16. The van der Waals surface area contributed by atoms with E-state index in [2.05, 4.69) is 4.98 Å². The molecule has 0 amide bonds. The van der Waals surface area contributed by atoms with Gasteiger partial charge in [-0.1, -0.05) is 17.7 Å². The van der Waals surface area contributed by atoms with Gasteiger partial charge in [0.15, 0.2) is 5.75 Å². The summed E-state index contributed by atoms with van der Waals surface area (Å²) in [6, 6.07) is 6.69. The molecule has 0 bridgehead atoms. The largest absolute Gasteiger partial charge is 0.421 e. The summed E-state index contributed by atoms with van der Waals surface area (Å²) in [5.74, 6) is -0.941. The van der Waals surface area contributed by atoms with E-state index < -0.39 is 11.8 Å². The van der Waals surface area contributed by atoms with Crippen LogP contribution in [0.5, 0.6) is 5.75 Å². The SMILES string of the molecule is O=C(Oc1cncc(Cl)c1)c1cccc(F)c1. The summed E-state index contributed by atoms with van der Waals surface area (Å²) in [5.41, 5.74) is 0.130. The molecular formula is C12H7ClFNO2. The van der Waals surface area contributed by atoms with Gasteiger partial charge in [-0.05, 0) is 18.2 Å². The first-order valence-electron chi connectivity index (χ1n) is 4.73. The summed E-state index contributed by atoms with van der Waals surface area (Å²) in [7, 11) is 0. The average molecular weight is 252 g/mol. The van der Waals surface area contributed by atoms with Crippen molar-refractivity contribution >= 4 is 17.6 Å². The first-order chi connectivity index (χ1) is 8.15. The molecule has 0 N–H and O–H groups in total. The number of ether oxygens (including phenoxy) is 1. The molecule has 1 aromatic heterocycles. The fourth-order valence-corrected chi connectivity index (χ4v) is 1.39. The molecular weight excluding hydrogens is 245 g/mol. The van der Waals surface area contributed by atoms with Gasteiger partial charge < -0.3 is 4.74 Å². The van der Waals surface area contributed by atoms with E-state index in [1.807, 2.05) is 0 Å². The summed E-state index contributed by atoms with van der Waals surface area (Å²) in [4.78, 5) is 15.4. The van der Waals surface area contributed by atoms with E-state index in [1.54, 1.807) is 0 Å². The van der Waals surface area contributed by atoms with Crippen molar-refractivity contribution < 1.29 is 13.9 Å². The molecule has 0 unspecified atom stereocenters. The maximum absolute atomic E-state index is 12.9. The molecule has 0 radical (unpaired) electrons. The maximum Gasteiger partial charge on any atom is 0.343 e. The van der Waals surface area contributed by atoms with Crippen molar-refractivity contribution in [1.82, 2.24) is 4.98 Å². The second kappa shape index (κ2) is 4.93. The minimum atomic E-state index is -0.659. The van der Waals surface area contributed by atoms with E-state index in [0.29, 0.717) is 5.02 Å². The van der Waals surface area contributed by atoms with Crippen molar-refractivity contribution in [3.05, 3.63) is 59.1 Å². The minimum absolute atomic E-state index is 0.130. The highest BCUT2D eigenvalue weighted by atomic mass is 35.5. The fraction of sp³-hybridized carbons (Fsp3) is 0. The van der Waals surface area contributed by atoms with Gasteiger partial charge in [0.2, 0.25) is 0 Å². The number of nitrogens with zero attached hydrogens (tertiary/aromatic N) is 1. The Labute approximate surface area is 102 Å². The zero-order valence-electron chi connectivity index (χ0n) is 8.56. The molecule has 5 heteroatoms. The summed E-state index contributed by atoms with van der Waals surface area (Å²) >= 11 is 5.69. The zero-order valence-corrected chi connectivity index (χ0v) is 9.32. The number of esters is 1. The first-order valence-corrected chi connectivity index (χ1v) is 5.11. The normalized spacial score (nSPS) is 10.0. The summed E-state index contributed by atoms with van der Waals surface area (Å²) < 4.78 is 17.9. The molecule has 2 rings (SSSR count). The van der Waals surface area contributed by atoms with E-state index in [4.69, 9.17) is 16.3 Å². The number of carbonyl (C=O) groups excluding carboxylic acids is 1. The lowest BCUT2D eigenvalue weighted by atomic mass is 10.2. The molecule has 0 fully saturated rings. The summed E-state index contributed by atoms with van der Waals surface area (Å²) in [6.45, 7) is 0. The molecule has 0 aliphatic carbocycles. The Balaban J connectivity index is 2.17. The third-order valence-electron chi connectivity index (χ3n) is 1.95. The predicted molar refractivity (Wildman–Crippen MR) is 60.6 cm³/mol. The molecule has 2 aromatic rings. The number of hydrogen-bond acceptors (Lipinski definition) is 3. The van der Waals surface area contributed by atoms with Crippen LogP contribution in [0.15, 0.2) is 42.7 Å². The van der Waals surface area contributed by atoms with E-state index in [0.717, 1.165) is 6.07 Å². The number of halogens is 2. The molecule has 86 valence electrons. The second-order valence-electron chi connectivity index (χ2n) is 3.24. The lowest BCUT2D eigenvalue weighted by Crippen LogP contribution is -2.08. The number of benzene rings is 1. The van der Waals surface area contributed by atoms with Gasteiger partial charge in [0.1, 0.15) is 5.82 Å². The molecule has 0 saturated heterocycles. The second-order valence-corrected chi connectivity index (χ2v) is 3.68. The van der Waals surface area contributed by atoms with Crippen LogP contribution in [0.25, 0.3) is 0 Å². The Hall–Kier alpha value is -1.94. The van der Waals surface area contributed by atoms with Gasteiger partial charge in [0.05, 0.1) is 16.8 Å². The lowest BCUT2D eigenvalue weighted by Gasteiger charge is -2.03. The van der Waals surface area contributed by atoms with Crippen LogP contribution in [0.1, 0.15) is 10.4 Å². The van der Waals surface area contributed by atoms with E-state index in [9.17, 15) is 9.18 Å². The zero-order chi connectivity index (χ0) is 12.3. The van der Waals surface area contributed by atoms with Crippen molar-refractivity contribution in [2.24, 2.45) is 0 Å². The third kappa shape index (κ3) is 3.01. The number of rotatable bonds is 2. The van der Waals surface area contributed by atoms with E-state index in [-0.39, 0.29) is 11.3 Å². The van der Waals surface area contributed by atoms with Crippen LogP contribution >= 0.6 is 11.6 Å². The Morgan fingerprint density at radius 3 is 2.82 bits per heavy atom. The highest BCUT2D eigenvalue weighted by Gasteiger charge is 2.09. The number of aromatic nitrogens is 1. The first kappa shape index (κ1) is 11.5. The van der Waals surface area contributed by atoms with Gasteiger partial charge in [0.25, 0.3) is 0 Å².